The molecule has 1 saturated heterocycles. The Morgan fingerprint density at radius 3 is 2.88 bits per heavy atom. The molecule has 1 N–H and O–H groups in total. The molecular weight excluding hydrogens is 300 g/mol. The van der Waals surface area contributed by atoms with E-state index in [2.05, 4.69) is 22.4 Å². The monoisotopic (exact) mass is 320 g/mol. The van der Waals surface area contributed by atoms with Crippen molar-refractivity contribution < 1.29 is 4.74 Å². The topological polar surface area (TPSA) is 52.0 Å². The Hall–Kier alpha value is -2.40. The van der Waals surface area contributed by atoms with Crippen LogP contribution in [0.15, 0.2) is 48.8 Å². The third kappa shape index (κ3) is 2.27. The molecule has 2 fully saturated rings. The van der Waals surface area contributed by atoms with Gasteiger partial charge in [-0.05, 0) is 48.9 Å². The zero-order valence-corrected chi connectivity index (χ0v) is 13.5. The summed E-state index contributed by atoms with van der Waals surface area (Å²) in [6.07, 6.45) is 5.40. The SMILES string of the molecule is c1cc(NC2CC23CCOCC3)nc(-n2cnc3ccccc32)c1. The van der Waals surface area contributed by atoms with Crippen molar-refractivity contribution in [3.8, 4) is 5.82 Å². The maximum absolute atomic E-state index is 5.50. The summed E-state index contributed by atoms with van der Waals surface area (Å²) < 4.78 is 7.54. The highest BCUT2D eigenvalue weighted by atomic mass is 16.5. The van der Waals surface area contributed by atoms with Gasteiger partial charge in [-0.25, -0.2) is 9.97 Å². The minimum atomic E-state index is 0.442. The number of nitrogens with zero attached hydrogens (tertiary/aromatic N) is 3. The number of hydrogen-bond donors (Lipinski definition) is 1. The Bertz CT molecular complexity index is 882. The van der Waals surface area contributed by atoms with Gasteiger partial charge in [0.25, 0.3) is 0 Å². The lowest BCUT2D eigenvalue weighted by Crippen LogP contribution is -2.23. The molecule has 1 saturated carbocycles. The second-order valence-electron chi connectivity index (χ2n) is 6.86. The minimum absolute atomic E-state index is 0.442. The number of ether oxygens (including phenoxy) is 1. The van der Waals surface area contributed by atoms with Gasteiger partial charge in [0.15, 0.2) is 0 Å². The maximum Gasteiger partial charge on any atom is 0.140 e. The number of pyridine rings is 1. The van der Waals surface area contributed by atoms with Crippen LogP contribution in [0.1, 0.15) is 19.3 Å². The molecule has 1 atom stereocenters. The number of imidazole rings is 1. The van der Waals surface area contributed by atoms with E-state index in [-0.39, 0.29) is 0 Å². The summed E-state index contributed by atoms with van der Waals surface area (Å²) in [5, 5.41) is 3.63. The molecule has 1 aliphatic carbocycles. The van der Waals surface area contributed by atoms with Crippen LogP contribution in [0.5, 0.6) is 0 Å². The summed E-state index contributed by atoms with van der Waals surface area (Å²) in [5.41, 5.74) is 2.51. The van der Waals surface area contributed by atoms with Gasteiger partial charge >= 0.3 is 0 Å². The van der Waals surface area contributed by atoms with Crippen LogP contribution in [0.4, 0.5) is 5.82 Å². The highest BCUT2D eigenvalue weighted by Crippen LogP contribution is 2.54. The fourth-order valence-electron chi connectivity index (χ4n) is 3.84. The third-order valence-electron chi connectivity index (χ3n) is 5.44. The summed E-state index contributed by atoms with van der Waals surface area (Å²) >= 11 is 0. The first kappa shape index (κ1) is 14.0. The number of hydrogen-bond acceptors (Lipinski definition) is 4. The standard InChI is InChI=1S/C19H20N4O/c1-2-5-15-14(4-1)20-13-23(15)18-7-3-6-17(22-18)21-16-12-19(16)8-10-24-11-9-19/h1-7,13,16H,8-12H2,(H,21,22). The number of fused-ring (bicyclic) bond motifs is 1. The van der Waals surface area contributed by atoms with Crippen molar-refractivity contribution in [2.24, 2.45) is 5.41 Å². The van der Waals surface area contributed by atoms with Crippen LogP contribution >= 0.6 is 0 Å². The lowest BCUT2D eigenvalue weighted by Gasteiger charge is -2.23. The summed E-state index contributed by atoms with van der Waals surface area (Å²) in [7, 11) is 0. The van der Waals surface area contributed by atoms with E-state index in [1.807, 2.05) is 41.2 Å². The van der Waals surface area contributed by atoms with Crippen LogP contribution < -0.4 is 5.32 Å². The van der Waals surface area contributed by atoms with E-state index in [9.17, 15) is 0 Å². The number of benzene rings is 1. The van der Waals surface area contributed by atoms with Crippen molar-refractivity contribution in [3.05, 3.63) is 48.8 Å². The van der Waals surface area contributed by atoms with E-state index in [1.54, 1.807) is 0 Å². The fraction of sp³-hybridized carbons (Fsp3) is 0.368. The van der Waals surface area contributed by atoms with Gasteiger partial charge in [-0.3, -0.25) is 4.57 Å². The Morgan fingerprint density at radius 1 is 1.08 bits per heavy atom. The molecule has 2 aromatic heterocycles. The van der Waals surface area contributed by atoms with Crippen molar-refractivity contribution in [2.45, 2.75) is 25.3 Å². The average molecular weight is 320 g/mol. The van der Waals surface area contributed by atoms with Gasteiger partial charge in [0.05, 0.1) is 11.0 Å². The minimum Gasteiger partial charge on any atom is -0.381 e. The lowest BCUT2D eigenvalue weighted by atomic mass is 9.96. The number of anilines is 1. The van der Waals surface area contributed by atoms with Crippen LogP contribution in [0.2, 0.25) is 0 Å². The Kier molecular flexibility index (Phi) is 3.10. The zero-order chi connectivity index (χ0) is 16.0. The zero-order valence-electron chi connectivity index (χ0n) is 13.5. The Labute approximate surface area is 140 Å². The molecular formula is C19H20N4O. The van der Waals surface area contributed by atoms with Crippen LogP contribution in [0.3, 0.4) is 0 Å². The normalized spacial score (nSPS) is 21.9. The van der Waals surface area contributed by atoms with Crippen LogP contribution in [-0.2, 0) is 4.74 Å². The summed E-state index contributed by atoms with van der Waals surface area (Å²) in [6, 6.07) is 14.8. The molecule has 2 aliphatic rings. The molecule has 0 radical (unpaired) electrons. The van der Waals surface area contributed by atoms with Gasteiger partial charge in [-0.15, -0.1) is 0 Å². The molecule has 0 amide bonds. The number of para-hydroxylation sites is 2. The molecule has 5 heteroatoms. The van der Waals surface area contributed by atoms with E-state index in [1.165, 1.54) is 6.42 Å². The molecule has 1 unspecified atom stereocenters. The van der Waals surface area contributed by atoms with E-state index in [4.69, 9.17) is 9.72 Å². The van der Waals surface area contributed by atoms with Gasteiger partial charge in [0.1, 0.15) is 18.0 Å². The fourth-order valence-corrected chi connectivity index (χ4v) is 3.84. The van der Waals surface area contributed by atoms with Crippen molar-refractivity contribution in [1.82, 2.24) is 14.5 Å². The van der Waals surface area contributed by atoms with Gasteiger partial charge in [0, 0.05) is 19.3 Å². The first-order valence-electron chi connectivity index (χ1n) is 8.58. The number of rotatable bonds is 3. The number of nitrogens with one attached hydrogen (secondary N) is 1. The highest BCUT2D eigenvalue weighted by Gasteiger charge is 2.54. The van der Waals surface area contributed by atoms with Gasteiger partial charge in [-0.1, -0.05) is 18.2 Å². The van der Waals surface area contributed by atoms with Crippen molar-refractivity contribution >= 4 is 16.9 Å². The average Bonchev–Trinajstić information content (AvgIpc) is 3.08. The molecule has 1 spiro atoms. The second kappa shape index (κ2) is 5.31. The predicted molar refractivity (Wildman–Crippen MR) is 93.4 cm³/mol. The van der Waals surface area contributed by atoms with Gasteiger partial charge < -0.3 is 10.1 Å². The van der Waals surface area contributed by atoms with E-state index < -0.39 is 0 Å². The second-order valence-corrected chi connectivity index (χ2v) is 6.86. The lowest BCUT2D eigenvalue weighted by molar-refractivity contribution is 0.0567. The number of aromatic nitrogens is 3. The molecule has 3 heterocycles. The molecule has 0 bridgehead atoms. The molecule has 5 nitrogen and oxygen atoms in total. The van der Waals surface area contributed by atoms with E-state index in [0.717, 1.165) is 48.7 Å². The van der Waals surface area contributed by atoms with Crippen LogP contribution in [-0.4, -0.2) is 33.8 Å². The van der Waals surface area contributed by atoms with E-state index >= 15 is 0 Å². The van der Waals surface area contributed by atoms with Gasteiger partial charge in [0.2, 0.25) is 0 Å². The maximum atomic E-state index is 5.50. The smallest absolute Gasteiger partial charge is 0.140 e. The molecule has 24 heavy (non-hydrogen) atoms. The first-order valence-corrected chi connectivity index (χ1v) is 8.58. The molecule has 1 aromatic carbocycles. The predicted octanol–water partition coefficient (Wildman–Crippen LogP) is 3.40. The third-order valence-corrected chi connectivity index (χ3v) is 5.44. The first-order chi connectivity index (χ1) is 11.8. The Balaban J connectivity index is 1.41. The highest BCUT2D eigenvalue weighted by molar-refractivity contribution is 5.76. The van der Waals surface area contributed by atoms with Crippen molar-refractivity contribution in [1.29, 1.82) is 0 Å². The van der Waals surface area contributed by atoms with Crippen molar-refractivity contribution in [2.75, 3.05) is 18.5 Å². The summed E-state index contributed by atoms with van der Waals surface area (Å²) in [5.74, 6) is 1.84. The van der Waals surface area contributed by atoms with Gasteiger partial charge in [-0.2, -0.15) is 0 Å². The quantitative estimate of drug-likeness (QED) is 0.803. The molecule has 3 aromatic rings. The summed E-state index contributed by atoms with van der Waals surface area (Å²) in [4.78, 5) is 9.26. The largest absolute Gasteiger partial charge is 0.381 e. The molecule has 5 rings (SSSR count). The Morgan fingerprint density at radius 2 is 1.96 bits per heavy atom. The van der Waals surface area contributed by atoms with Crippen molar-refractivity contribution in [3.63, 3.8) is 0 Å². The summed E-state index contributed by atoms with van der Waals surface area (Å²) in [6.45, 7) is 1.79. The van der Waals surface area contributed by atoms with E-state index in [0.29, 0.717) is 11.5 Å². The molecule has 122 valence electrons. The van der Waals surface area contributed by atoms with Crippen LogP contribution in [0.25, 0.3) is 16.9 Å². The van der Waals surface area contributed by atoms with Crippen LogP contribution in [0, 0.1) is 5.41 Å². The molecule has 1 aliphatic heterocycles.